The number of aromatic nitrogens is 2. The Morgan fingerprint density at radius 3 is 2.84 bits per heavy atom. The fraction of sp³-hybridized carbons (Fsp3) is 0.231. The standard InChI is InChI=1S/C13H13BrClN3O/c1-3-16-12-11(14)13(18-7-17-12)19-10-5-4-9(15)6-8(10)2/h4-7H,3H2,1-2H3,(H,16,17,18). The van der Waals surface area contributed by atoms with Crippen molar-refractivity contribution in [1.29, 1.82) is 0 Å². The van der Waals surface area contributed by atoms with Crippen molar-refractivity contribution in [3.8, 4) is 11.6 Å². The average Bonchev–Trinajstić information content (AvgIpc) is 2.37. The van der Waals surface area contributed by atoms with E-state index in [9.17, 15) is 0 Å². The van der Waals surface area contributed by atoms with Crippen LogP contribution in [0, 0.1) is 6.92 Å². The van der Waals surface area contributed by atoms with E-state index in [1.807, 2.05) is 26.0 Å². The highest BCUT2D eigenvalue weighted by atomic mass is 79.9. The van der Waals surface area contributed by atoms with Gasteiger partial charge in [0.1, 0.15) is 22.4 Å². The predicted octanol–water partition coefficient (Wildman–Crippen LogP) is 4.43. The number of nitrogens with one attached hydrogen (secondary N) is 1. The molecule has 0 unspecified atom stereocenters. The second-order valence-corrected chi connectivity index (χ2v) is 5.11. The third-order valence-corrected chi connectivity index (χ3v) is 3.40. The van der Waals surface area contributed by atoms with Gasteiger partial charge in [-0.2, -0.15) is 0 Å². The van der Waals surface area contributed by atoms with Crippen LogP contribution in [0.25, 0.3) is 0 Å². The van der Waals surface area contributed by atoms with Crippen molar-refractivity contribution >= 4 is 33.3 Å². The van der Waals surface area contributed by atoms with E-state index in [1.165, 1.54) is 6.33 Å². The van der Waals surface area contributed by atoms with Gasteiger partial charge in [0.15, 0.2) is 0 Å². The molecule has 0 amide bonds. The van der Waals surface area contributed by atoms with Gasteiger partial charge in [-0.1, -0.05) is 11.6 Å². The molecular weight excluding hydrogens is 330 g/mol. The summed E-state index contributed by atoms with van der Waals surface area (Å²) >= 11 is 9.36. The lowest BCUT2D eigenvalue weighted by molar-refractivity contribution is 0.455. The number of halogens is 2. The molecule has 4 nitrogen and oxygen atoms in total. The SMILES string of the molecule is CCNc1ncnc(Oc2ccc(Cl)cc2C)c1Br. The van der Waals surface area contributed by atoms with Crippen LogP contribution in [0.1, 0.15) is 12.5 Å². The third-order valence-electron chi connectivity index (χ3n) is 2.45. The van der Waals surface area contributed by atoms with Gasteiger partial charge in [-0.25, -0.2) is 9.97 Å². The number of hydrogen-bond acceptors (Lipinski definition) is 4. The summed E-state index contributed by atoms with van der Waals surface area (Å²) in [6.07, 6.45) is 1.46. The lowest BCUT2D eigenvalue weighted by Crippen LogP contribution is -2.02. The van der Waals surface area contributed by atoms with Gasteiger partial charge in [-0.05, 0) is 53.5 Å². The van der Waals surface area contributed by atoms with Crippen molar-refractivity contribution in [3.05, 3.63) is 39.6 Å². The molecule has 0 saturated carbocycles. The Morgan fingerprint density at radius 2 is 2.16 bits per heavy atom. The van der Waals surface area contributed by atoms with Gasteiger partial charge < -0.3 is 10.1 Å². The molecule has 0 radical (unpaired) electrons. The van der Waals surface area contributed by atoms with Crippen LogP contribution in [0.5, 0.6) is 11.6 Å². The highest BCUT2D eigenvalue weighted by molar-refractivity contribution is 9.10. The molecular formula is C13H13BrClN3O. The molecule has 1 aromatic heterocycles. The fourth-order valence-corrected chi connectivity index (χ4v) is 2.20. The lowest BCUT2D eigenvalue weighted by Gasteiger charge is -2.11. The highest BCUT2D eigenvalue weighted by Gasteiger charge is 2.11. The van der Waals surface area contributed by atoms with Crippen LogP contribution in [0.15, 0.2) is 29.0 Å². The number of aryl methyl sites for hydroxylation is 1. The molecule has 2 aromatic rings. The minimum Gasteiger partial charge on any atom is -0.437 e. The first-order chi connectivity index (χ1) is 9.11. The van der Waals surface area contributed by atoms with E-state index < -0.39 is 0 Å². The molecule has 0 bridgehead atoms. The van der Waals surface area contributed by atoms with Crippen molar-refractivity contribution in [2.75, 3.05) is 11.9 Å². The van der Waals surface area contributed by atoms with Gasteiger partial charge in [0, 0.05) is 11.6 Å². The number of nitrogens with zero attached hydrogens (tertiary/aromatic N) is 2. The van der Waals surface area contributed by atoms with E-state index in [0.717, 1.165) is 12.1 Å². The summed E-state index contributed by atoms with van der Waals surface area (Å²) in [5, 5.41) is 3.81. The Labute approximate surface area is 125 Å². The zero-order chi connectivity index (χ0) is 13.8. The van der Waals surface area contributed by atoms with Crippen molar-refractivity contribution in [2.24, 2.45) is 0 Å². The number of anilines is 1. The maximum atomic E-state index is 5.92. The van der Waals surface area contributed by atoms with E-state index >= 15 is 0 Å². The van der Waals surface area contributed by atoms with Crippen LogP contribution in [0.4, 0.5) is 5.82 Å². The summed E-state index contributed by atoms with van der Waals surface area (Å²) < 4.78 is 6.49. The Kier molecular flexibility index (Phi) is 4.61. The largest absolute Gasteiger partial charge is 0.437 e. The minimum atomic E-state index is 0.469. The van der Waals surface area contributed by atoms with Crippen LogP contribution in [-0.4, -0.2) is 16.5 Å². The van der Waals surface area contributed by atoms with Crippen molar-refractivity contribution in [3.63, 3.8) is 0 Å². The molecule has 0 aliphatic heterocycles. The van der Waals surface area contributed by atoms with E-state index in [4.69, 9.17) is 16.3 Å². The third kappa shape index (κ3) is 3.36. The molecule has 6 heteroatoms. The van der Waals surface area contributed by atoms with Gasteiger partial charge >= 0.3 is 0 Å². The zero-order valence-electron chi connectivity index (χ0n) is 10.6. The summed E-state index contributed by atoms with van der Waals surface area (Å²) in [7, 11) is 0. The van der Waals surface area contributed by atoms with Crippen molar-refractivity contribution < 1.29 is 4.74 Å². The molecule has 1 aromatic carbocycles. The van der Waals surface area contributed by atoms with Gasteiger partial charge in [0.05, 0.1) is 0 Å². The molecule has 2 rings (SSSR count). The van der Waals surface area contributed by atoms with Gasteiger partial charge in [-0.3, -0.25) is 0 Å². The molecule has 1 heterocycles. The van der Waals surface area contributed by atoms with Crippen LogP contribution < -0.4 is 10.1 Å². The Balaban J connectivity index is 2.30. The topological polar surface area (TPSA) is 47.0 Å². The van der Waals surface area contributed by atoms with Crippen LogP contribution in [-0.2, 0) is 0 Å². The Morgan fingerprint density at radius 1 is 1.37 bits per heavy atom. The van der Waals surface area contributed by atoms with E-state index in [-0.39, 0.29) is 0 Å². The number of hydrogen-bond donors (Lipinski definition) is 1. The second kappa shape index (κ2) is 6.21. The molecule has 100 valence electrons. The molecule has 1 N–H and O–H groups in total. The van der Waals surface area contributed by atoms with Gasteiger partial charge in [0.25, 0.3) is 0 Å². The Hall–Kier alpha value is -1.33. The summed E-state index contributed by atoms with van der Waals surface area (Å²) in [6, 6.07) is 5.44. The minimum absolute atomic E-state index is 0.469. The van der Waals surface area contributed by atoms with Crippen molar-refractivity contribution in [2.45, 2.75) is 13.8 Å². The van der Waals surface area contributed by atoms with E-state index in [1.54, 1.807) is 6.07 Å². The van der Waals surface area contributed by atoms with Crippen LogP contribution >= 0.6 is 27.5 Å². The first-order valence-corrected chi connectivity index (χ1v) is 6.97. The zero-order valence-corrected chi connectivity index (χ0v) is 12.9. The van der Waals surface area contributed by atoms with Crippen LogP contribution in [0.3, 0.4) is 0 Å². The van der Waals surface area contributed by atoms with E-state index in [0.29, 0.717) is 26.9 Å². The lowest BCUT2D eigenvalue weighted by atomic mass is 10.2. The normalized spacial score (nSPS) is 10.3. The highest BCUT2D eigenvalue weighted by Crippen LogP contribution is 2.33. The smallest absolute Gasteiger partial charge is 0.238 e. The summed E-state index contributed by atoms with van der Waals surface area (Å²) in [5.41, 5.74) is 0.947. The second-order valence-electron chi connectivity index (χ2n) is 3.88. The molecule has 0 aliphatic rings. The molecule has 19 heavy (non-hydrogen) atoms. The summed E-state index contributed by atoms with van der Waals surface area (Å²) in [5.74, 6) is 1.89. The molecule has 0 fully saturated rings. The van der Waals surface area contributed by atoms with E-state index in [2.05, 4.69) is 31.2 Å². The fourth-order valence-electron chi connectivity index (χ4n) is 1.55. The maximum Gasteiger partial charge on any atom is 0.238 e. The molecule has 0 spiro atoms. The first kappa shape index (κ1) is 14.1. The quantitative estimate of drug-likeness (QED) is 0.893. The maximum absolute atomic E-state index is 5.92. The first-order valence-electron chi connectivity index (χ1n) is 5.80. The molecule has 0 aliphatic carbocycles. The van der Waals surface area contributed by atoms with Gasteiger partial charge in [0.2, 0.25) is 5.88 Å². The van der Waals surface area contributed by atoms with Crippen LogP contribution in [0.2, 0.25) is 5.02 Å². The molecule has 0 saturated heterocycles. The predicted molar refractivity (Wildman–Crippen MR) is 80.2 cm³/mol. The average molecular weight is 343 g/mol. The number of benzene rings is 1. The summed E-state index contributed by atoms with van der Waals surface area (Å²) in [4.78, 5) is 8.26. The number of rotatable bonds is 4. The monoisotopic (exact) mass is 341 g/mol. The van der Waals surface area contributed by atoms with Gasteiger partial charge in [-0.15, -0.1) is 0 Å². The van der Waals surface area contributed by atoms with Crippen molar-refractivity contribution in [1.82, 2.24) is 9.97 Å². The Bertz CT molecular complexity index is 592. The number of ether oxygens (including phenoxy) is 1. The summed E-state index contributed by atoms with van der Waals surface area (Å²) in [6.45, 7) is 4.70. The molecule has 0 atom stereocenters.